The number of piperidine rings is 1. The maximum absolute atomic E-state index is 11.4. The molecule has 2 atom stereocenters. The highest BCUT2D eigenvalue weighted by Crippen LogP contribution is 2.36. The summed E-state index contributed by atoms with van der Waals surface area (Å²) in [5, 5.41) is 0. The molecular weight excluding hydrogens is 410 g/mol. The first-order valence-electron chi connectivity index (χ1n) is 13.7. The molecular formula is C27H43N5O. The molecule has 0 spiro atoms. The van der Waals surface area contributed by atoms with Crippen LogP contribution in [-0.2, 0) is 4.79 Å². The Kier molecular flexibility index (Phi) is 7.31. The van der Waals surface area contributed by atoms with Gasteiger partial charge in [-0.25, -0.2) is 9.97 Å². The fourth-order valence-electron chi connectivity index (χ4n) is 7.21. The van der Waals surface area contributed by atoms with Crippen molar-refractivity contribution in [2.45, 2.75) is 102 Å². The van der Waals surface area contributed by atoms with Crippen molar-refractivity contribution >= 4 is 11.7 Å². The molecule has 33 heavy (non-hydrogen) atoms. The Morgan fingerprint density at radius 1 is 0.909 bits per heavy atom. The van der Waals surface area contributed by atoms with E-state index >= 15 is 0 Å². The zero-order valence-electron chi connectivity index (χ0n) is 20.8. The van der Waals surface area contributed by atoms with Crippen molar-refractivity contribution in [3.05, 3.63) is 18.0 Å². The minimum absolute atomic E-state index is 0.360. The molecule has 182 valence electrons. The Morgan fingerprint density at radius 3 is 2.09 bits per heavy atom. The second-order valence-electron chi connectivity index (χ2n) is 11.3. The zero-order chi connectivity index (χ0) is 22.8. The van der Waals surface area contributed by atoms with E-state index < -0.39 is 0 Å². The van der Waals surface area contributed by atoms with Gasteiger partial charge in [0.15, 0.2) is 0 Å². The molecule has 1 aliphatic carbocycles. The molecule has 1 saturated carbocycles. The molecule has 6 heteroatoms. The first-order valence-corrected chi connectivity index (χ1v) is 13.7. The van der Waals surface area contributed by atoms with E-state index in [1.54, 1.807) is 6.92 Å². The third kappa shape index (κ3) is 5.27. The number of carbonyl (C=O) groups is 1. The summed E-state index contributed by atoms with van der Waals surface area (Å²) in [6, 6.07) is 1.92. The summed E-state index contributed by atoms with van der Waals surface area (Å²) >= 11 is 0. The molecule has 0 amide bonds. The first kappa shape index (κ1) is 23.2. The van der Waals surface area contributed by atoms with Gasteiger partial charge in [0.1, 0.15) is 5.78 Å². The minimum atomic E-state index is 0.360. The number of hydrogen-bond acceptors (Lipinski definition) is 6. The molecule has 2 bridgehead atoms. The van der Waals surface area contributed by atoms with Gasteiger partial charge in [-0.1, -0.05) is 6.92 Å². The van der Waals surface area contributed by atoms with Gasteiger partial charge in [-0.15, -0.1) is 0 Å². The molecule has 1 aromatic rings. The van der Waals surface area contributed by atoms with Gasteiger partial charge in [-0.2, -0.15) is 0 Å². The molecule has 0 N–H and O–H groups in total. The standard InChI is InChI=1S/C27H43N5O/c1-3-12-30-18-25-8-9-26(19-30)32(25)27-28-16-23(17-29-27)22-10-13-31(14-11-22)24-6-4-21(5-7-24)15-20(2)33/h16-17,21-22,24-26H,3-15,18-19H2,1-2H3. The maximum atomic E-state index is 11.4. The number of hydrogen-bond donors (Lipinski definition) is 0. The molecule has 2 unspecified atom stereocenters. The Bertz CT molecular complexity index is 768. The van der Waals surface area contributed by atoms with Crippen LogP contribution in [0.2, 0.25) is 0 Å². The predicted molar refractivity (Wildman–Crippen MR) is 133 cm³/mol. The SMILES string of the molecule is CCCN1CC2CCC(C1)N2c1ncc(C2CCN(C3CCC(CC(C)=O)CC3)CC2)cn1. The Labute approximate surface area is 200 Å². The number of nitrogens with zero attached hydrogens (tertiary/aromatic N) is 5. The maximum Gasteiger partial charge on any atom is 0.225 e. The lowest BCUT2D eigenvalue weighted by Crippen LogP contribution is -2.54. The first-order chi connectivity index (χ1) is 16.1. The number of piperazine rings is 1. The molecule has 3 saturated heterocycles. The summed E-state index contributed by atoms with van der Waals surface area (Å²) in [5.74, 6) is 2.56. The van der Waals surface area contributed by atoms with Crippen molar-refractivity contribution in [3.63, 3.8) is 0 Å². The number of aromatic nitrogens is 2. The third-order valence-corrected chi connectivity index (χ3v) is 8.90. The van der Waals surface area contributed by atoms with Crippen LogP contribution in [-0.4, -0.2) is 76.4 Å². The summed E-state index contributed by atoms with van der Waals surface area (Å²) in [7, 11) is 0. The van der Waals surface area contributed by atoms with Crippen LogP contribution in [0.15, 0.2) is 12.4 Å². The molecule has 4 aliphatic rings. The summed E-state index contributed by atoms with van der Waals surface area (Å²) in [4.78, 5) is 29.1. The van der Waals surface area contributed by atoms with Crippen molar-refractivity contribution in [2.24, 2.45) is 5.92 Å². The highest BCUT2D eigenvalue weighted by molar-refractivity contribution is 5.75. The summed E-state index contributed by atoms with van der Waals surface area (Å²) < 4.78 is 0. The van der Waals surface area contributed by atoms with Crippen LogP contribution in [0.1, 0.15) is 89.5 Å². The second-order valence-corrected chi connectivity index (χ2v) is 11.3. The van der Waals surface area contributed by atoms with Gasteiger partial charge >= 0.3 is 0 Å². The second kappa shape index (κ2) is 10.4. The highest BCUT2D eigenvalue weighted by atomic mass is 16.1. The summed E-state index contributed by atoms with van der Waals surface area (Å²) in [6.45, 7) is 9.97. The molecule has 6 nitrogen and oxygen atoms in total. The number of anilines is 1. The molecule has 4 fully saturated rings. The molecule has 1 aromatic heterocycles. The fourth-order valence-corrected chi connectivity index (χ4v) is 7.21. The van der Waals surface area contributed by atoms with Crippen LogP contribution in [0.5, 0.6) is 0 Å². The normalized spacial score (nSPS) is 31.8. The lowest BCUT2D eigenvalue weighted by molar-refractivity contribution is -0.118. The van der Waals surface area contributed by atoms with Crippen LogP contribution in [0.3, 0.4) is 0 Å². The van der Waals surface area contributed by atoms with E-state index in [1.807, 2.05) is 0 Å². The topological polar surface area (TPSA) is 52.6 Å². The van der Waals surface area contributed by atoms with E-state index in [-0.39, 0.29) is 0 Å². The van der Waals surface area contributed by atoms with Crippen molar-refractivity contribution in [1.29, 1.82) is 0 Å². The van der Waals surface area contributed by atoms with Crippen LogP contribution < -0.4 is 4.90 Å². The molecule has 4 heterocycles. The molecule has 0 radical (unpaired) electrons. The lowest BCUT2D eigenvalue weighted by atomic mass is 9.81. The van der Waals surface area contributed by atoms with Crippen LogP contribution >= 0.6 is 0 Å². The largest absolute Gasteiger partial charge is 0.332 e. The summed E-state index contributed by atoms with van der Waals surface area (Å²) in [5.41, 5.74) is 1.33. The number of likely N-dealkylation sites (tertiary alicyclic amines) is 2. The fraction of sp³-hybridized carbons (Fsp3) is 0.815. The number of rotatable bonds is 7. The third-order valence-electron chi connectivity index (χ3n) is 8.90. The van der Waals surface area contributed by atoms with E-state index in [9.17, 15) is 4.79 Å². The van der Waals surface area contributed by atoms with Gasteiger partial charge in [0.25, 0.3) is 0 Å². The number of ketones is 1. The van der Waals surface area contributed by atoms with E-state index in [1.165, 1.54) is 96.1 Å². The van der Waals surface area contributed by atoms with Gasteiger partial charge in [0.2, 0.25) is 5.95 Å². The lowest BCUT2D eigenvalue weighted by Gasteiger charge is -2.41. The summed E-state index contributed by atoms with van der Waals surface area (Å²) in [6.07, 6.45) is 16.3. The van der Waals surface area contributed by atoms with Gasteiger partial charge in [-0.3, -0.25) is 4.90 Å². The average Bonchev–Trinajstić information content (AvgIpc) is 3.10. The number of carbonyl (C=O) groups excluding carboxylic acids is 1. The Balaban J connectivity index is 1.12. The van der Waals surface area contributed by atoms with E-state index in [0.717, 1.165) is 18.4 Å². The monoisotopic (exact) mass is 453 g/mol. The van der Waals surface area contributed by atoms with E-state index in [2.05, 4.69) is 34.0 Å². The quantitative estimate of drug-likeness (QED) is 0.615. The smallest absolute Gasteiger partial charge is 0.225 e. The zero-order valence-corrected chi connectivity index (χ0v) is 20.8. The van der Waals surface area contributed by atoms with Gasteiger partial charge in [-0.05, 0) is 102 Å². The van der Waals surface area contributed by atoms with Gasteiger partial charge in [0, 0.05) is 50.0 Å². The van der Waals surface area contributed by atoms with E-state index in [0.29, 0.717) is 29.7 Å². The van der Waals surface area contributed by atoms with Crippen LogP contribution in [0, 0.1) is 5.92 Å². The number of fused-ring (bicyclic) bond motifs is 2. The molecule has 0 aromatic carbocycles. The van der Waals surface area contributed by atoms with Crippen LogP contribution in [0.4, 0.5) is 5.95 Å². The Morgan fingerprint density at radius 2 is 1.52 bits per heavy atom. The average molecular weight is 454 g/mol. The van der Waals surface area contributed by atoms with Crippen LogP contribution in [0.25, 0.3) is 0 Å². The minimum Gasteiger partial charge on any atom is -0.332 e. The molecule has 3 aliphatic heterocycles. The Hall–Kier alpha value is -1.53. The molecule has 5 rings (SSSR count). The van der Waals surface area contributed by atoms with E-state index in [4.69, 9.17) is 9.97 Å². The predicted octanol–water partition coefficient (Wildman–Crippen LogP) is 4.26. The van der Waals surface area contributed by atoms with Gasteiger partial charge in [0.05, 0.1) is 0 Å². The number of Topliss-reactive ketones (excluding diaryl/α,β-unsaturated/α-hetero) is 1. The van der Waals surface area contributed by atoms with Crippen molar-refractivity contribution in [3.8, 4) is 0 Å². The van der Waals surface area contributed by atoms with Crippen molar-refractivity contribution < 1.29 is 4.79 Å². The van der Waals surface area contributed by atoms with Crippen molar-refractivity contribution in [1.82, 2.24) is 19.8 Å². The highest BCUT2D eigenvalue weighted by Gasteiger charge is 2.41. The van der Waals surface area contributed by atoms with Gasteiger partial charge < -0.3 is 14.6 Å². The van der Waals surface area contributed by atoms with Crippen molar-refractivity contribution in [2.75, 3.05) is 37.6 Å².